The van der Waals surface area contributed by atoms with E-state index in [4.69, 9.17) is 5.73 Å². The van der Waals surface area contributed by atoms with E-state index in [1.165, 1.54) is 36.2 Å². The lowest BCUT2D eigenvalue weighted by Crippen LogP contribution is -2.18. The molecular weight excluding hydrogens is 324 g/mol. The molecule has 2 N–H and O–H groups in total. The van der Waals surface area contributed by atoms with E-state index in [1.54, 1.807) is 0 Å². The van der Waals surface area contributed by atoms with Crippen molar-refractivity contribution in [3.05, 3.63) is 58.1 Å². The first-order valence-electron chi connectivity index (χ1n) is 7.57. The van der Waals surface area contributed by atoms with E-state index in [-0.39, 0.29) is 6.04 Å². The second-order valence-electron chi connectivity index (χ2n) is 5.74. The zero-order valence-corrected chi connectivity index (χ0v) is 13.9. The number of para-hydroxylation sites is 1. The Balaban J connectivity index is 2.04. The van der Waals surface area contributed by atoms with Crippen LogP contribution in [0.4, 0.5) is 11.4 Å². The number of rotatable bonds is 2. The van der Waals surface area contributed by atoms with E-state index in [1.807, 2.05) is 6.92 Å². The zero-order valence-electron chi connectivity index (χ0n) is 12.3. The lowest BCUT2D eigenvalue weighted by molar-refractivity contribution is 0.760. The van der Waals surface area contributed by atoms with Gasteiger partial charge in [-0.1, -0.05) is 24.3 Å². The van der Waals surface area contributed by atoms with Gasteiger partial charge >= 0.3 is 0 Å². The van der Waals surface area contributed by atoms with Crippen molar-refractivity contribution in [2.45, 2.75) is 32.2 Å². The van der Waals surface area contributed by atoms with Crippen LogP contribution in [0.15, 0.2) is 46.9 Å². The van der Waals surface area contributed by atoms with Crippen LogP contribution in [0.1, 0.15) is 36.9 Å². The van der Waals surface area contributed by atoms with Gasteiger partial charge in [0.2, 0.25) is 0 Å². The van der Waals surface area contributed by atoms with Crippen LogP contribution in [0.2, 0.25) is 0 Å². The molecule has 1 heterocycles. The fourth-order valence-electron chi connectivity index (χ4n) is 2.97. The molecule has 0 amide bonds. The second kappa shape index (κ2) is 6.20. The summed E-state index contributed by atoms with van der Waals surface area (Å²) < 4.78 is 1.12. The Morgan fingerprint density at radius 1 is 1.10 bits per heavy atom. The van der Waals surface area contributed by atoms with Crippen LogP contribution in [-0.4, -0.2) is 6.54 Å². The van der Waals surface area contributed by atoms with Gasteiger partial charge in [-0.15, -0.1) is 0 Å². The number of anilines is 2. The molecule has 2 aromatic rings. The molecule has 0 fully saturated rings. The van der Waals surface area contributed by atoms with Gasteiger partial charge in [0.1, 0.15) is 0 Å². The van der Waals surface area contributed by atoms with Crippen LogP contribution in [0.25, 0.3) is 0 Å². The van der Waals surface area contributed by atoms with Crippen LogP contribution < -0.4 is 10.6 Å². The minimum atomic E-state index is 0.0618. The number of hydrogen-bond donors (Lipinski definition) is 1. The summed E-state index contributed by atoms with van der Waals surface area (Å²) in [6.45, 7) is 3.08. The predicted octanol–water partition coefficient (Wildman–Crippen LogP) is 4.94. The Bertz CT molecular complexity index is 637. The summed E-state index contributed by atoms with van der Waals surface area (Å²) in [4.78, 5) is 2.43. The van der Waals surface area contributed by atoms with E-state index in [9.17, 15) is 0 Å². The van der Waals surface area contributed by atoms with Crippen LogP contribution in [0, 0.1) is 0 Å². The van der Waals surface area contributed by atoms with E-state index in [0.717, 1.165) is 16.6 Å². The molecule has 0 spiro atoms. The molecule has 3 rings (SSSR count). The van der Waals surface area contributed by atoms with Gasteiger partial charge in [-0.05, 0) is 71.4 Å². The lowest BCUT2D eigenvalue weighted by Gasteiger charge is -2.26. The number of hydrogen-bond acceptors (Lipinski definition) is 2. The Labute approximate surface area is 135 Å². The topological polar surface area (TPSA) is 29.3 Å². The molecule has 1 aliphatic rings. The average Bonchev–Trinajstić information content (AvgIpc) is 2.69. The molecule has 1 aliphatic heterocycles. The van der Waals surface area contributed by atoms with Crippen molar-refractivity contribution in [3.63, 3.8) is 0 Å². The van der Waals surface area contributed by atoms with Gasteiger partial charge < -0.3 is 10.6 Å². The smallest absolute Gasteiger partial charge is 0.0555 e. The highest BCUT2D eigenvalue weighted by molar-refractivity contribution is 9.10. The molecular formula is C18H21BrN2. The number of aryl methyl sites for hydroxylation is 1. The van der Waals surface area contributed by atoms with Crippen molar-refractivity contribution < 1.29 is 0 Å². The maximum Gasteiger partial charge on any atom is 0.0555 e. The van der Waals surface area contributed by atoms with Gasteiger partial charge in [-0.25, -0.2) is 0 Å². The minimum Gasteiger partial charge on any atom is -0.340 e. The summed E-state index contributed by atoms with van der Waals surface area (Å²) in [5, 5.41) is 0. The predicted molar refractivity (Wildman–Crippen MR) is 93.1 cm³/mol. The van der Waals surface area contributed by atoms with Crippen LogP contribution >= 0.6 is 15.9 Å². The van der Waals surface area contributed by atoms with Gasteiger partial charge in [0, 0.05) is 22.7 Å². The molecule has 1 atom stereocenters. The number of benzene rings is 2. The molecule has 0 bridgehead atoms. The third-order valence-corrected chi connectivity index (χ3v) is 4.78. The van der Waals surface area contributed by atoms with Crippen LogP contribution in [0.5, 0.6) is 0 Å². The molecule has 3 heteroatoms. The van der Waals surface area contributed by atoms with Gasteiger partial charge in [0.25, 0.3) is 0 Å². The third kappa shape index (κ3) is 2.99. The summed E-state index contributed by atoms with van der Waals surface area (Å²) >= 11 is 3.73. The number of halogens is 1. The standard InChI is InChI=1S/C18H21BrN2/c1-13(20)15-9-10-18(16(19)12-15)21-11-5-4-7-14-6-2-3-8-17(14)21/h2-3,6,8-10,12-13H,4-5,7,11,20H2,1H3/t13-/m1/s1. The van der Waals surface area contributed by atoms with E-state index < -0.39 is 0 Å². The maximum absolute atomic E-state index is 5.98. The van der Waals surface area contributed by atoms with Crippen LogP contribution in [-0.2, 0) is 6.42 Å². The summed E-state index contributed by atoms with van der Waals surface area (Å²) in [6, 6.07) is 15.3. The van der Waals surface area contributed by atoms with E-state index in [0.29, 0.717) is 0 Å². The normalized spacial score (nSPS) is 16.2. The number of nitrogens with two attached hydrogens (primary N) is 1. The quantitative estimate of drug-likeness (QED) is 0.835. The fourth-order valence-corrected chi connectivity index (χ4v) is 3.58. The summed E-state index contributed by atoms with van der Waals surface area (Å²) in [5.74, 6) is 0. The highest BCUT2D eigenvalue weighted by Crippen LogP contribution is 2.37. The van der Waals surface area contributed by atoms with Crippen LogP contribution in [0.3, 0.4) is 0 Å². The van der Waals surface area contributed by atoms with E-state index in [2.05, 4.69) is 63.3 Å². The van der Waals surface area contributed by atoms with Gasteiger partial charge in [0.15, 0.2) is 0 Å². The van der Waals surface area contributed by atoms with Gasteiger partial charge in [0.05, 0.1) is 5.69 Å². The molecule has 2 nitrogen and oxygen atoms in total. The Hall–Kier alpha value is -1.32. The summed E-state index contributed by atoms with van der Waals surface area (Å²) in [6.07, 6.45) is 3.64. The summed E-state index contributed by atoms with van der Waals surface area (Å²) in [7, 11) is 0. The first kappa shape index (κ1) is 14.6. The van der Waals surface area contributed by atoms with Crippen molar-refractivity contribution in [1.82, 2.24) is 0 Å². The van der Waals surface area contributed by atoms with Crippen molar-refractivity contribution >= 4 is 27.3 Å². The largest absolute Gasteiger partial charge is 0.340 e. The molecule has 2 aromatic carbocycles. The summed E-state index contributed by atoms with van der Waals surface area (Å²) in [5.41, 5.74) is 11.1. The molecule has 21 heavy (non-hydrogen) atoms. The van der Waals surface area contributed by atoms with Crippen molar-refractivity contribution in [1.29, 1.82) is 0 Å². The lowest BCUT2D eigenvalue weighted by atomic mass is 10.1. The Morgan fingerprint density at radius 2 is 1.90 bits per heavy atom. The van der Waals surface area contributed by atoms with Gasteiger partial charge in [-0.3, -0.25) is 0 Å². The number of fused-ring (bicyclic) bond motifs is 1. The zero-order chi connectivity index (χ0) is 14.8. The molecule has 0 unspecified atom stereocenters. The fraction of sp³-hybridized carbons (Fsp3) is 0.333. The first-order valence-corrected chi connectivity index (χ1v) is 8.36. The molecule has 0 radical (unpaired) electrons. The van der Waals surface area contributed by atoms with Crippen molar-refractivity contribution in [3.8, 4) is 0 Å². The highest BCUT2D eigenvalue weighted by atomic mass is 79.9. The number of nitrogens with zero attached hydrogens (tertiary/aromatic N) is 1. The van der Waals surface area contributed by atoms with Gasteiger partial charge in [-0.2, -0.15) is 0 Å². The van der Waals surface area contributed by atoms with Crippen molar-refractivity contribution in [2.75, 3.05) is 11.4 Å². The SMILES string of the molecule is C[C@@H](N)c1ccc(N2CCCCc3ccccc32)c(Br)c1. The molecule has 0 aromatic heterocycles. The molecule has 0 aliphatic carbocycles. The minimum absolute atomic E-state index is 0.0618. The Kier molecular flexibility index (Phi) is 4.32. The maximum atomic E-state index is 5.98. The third-order valence-electron chi connectivity index (χ3n) is 4.15. The average molecular weight is 345 g/mol. The first-order chi connectivity index (χ1) is 10.2. The van der Waals surface area contributed by atoms with E-state index >= 15 is 0 Å². The molecule has 0 saturated carbocycles. The van der Waals surface area contributed by atoms with Crippen molar-refractivity contribution in [2.24, 2.45) is 5.73 Å². The monoisotopic (exact) mass is 344 g/mol. The molecule has 0 saturated heterocycles. The second-order valence-corrected chi connectivity index (χ2v) is 6.59. The Morgan fingerprint density at radius 3 is 2.67 bits per heavy atom. The molecule has 110 valence electrons. The highest BCUT2D eigenvalue weighted by Gasteiger charge is 2.18.